The number of morpholine rings is 1. The number of hydrogen-bond donors (Lipinski definition) is 0. The van der Waals surface area contributed by atoms with Gasteiger partial charge in [-0.1, -0.05) is 25.4 Å². The molecule has 0 amide bonds. The van der Waals surface area contributed by atoms with Crippen molar-refractivity contribution >= 4 is 17.4 Å². The fourth-order valence-corrected chi connectivity index (χ4v) is 2.24. The van der Waals surface area contributed by atoms with Crippen molar-refractivity contribution in [2.24, 2.45) is 0 Å². The van der Waals surface area contributed by atoms with Crippen LogP contribution in [0.5, 0.6) is 0 Å². The molecule has 5 heteroatoms. The Morgan fingerprint density at radius 2 is 2.11 bits per heavy atom. The van der Waals surface area contributed by atoms with Gasteiger partial charge in [0.2, 0.25) is 0 Å². The zero-order valence-electron chi connectivity index (χ0n) is 11.4. The van der Waals surface area contributed by atoms with Gasteiger partial charge in [0.15, 0.2) is 0 Å². The molecule has 2 heterocycles. The number of halogens is 1. The standard InChI is InChI=1S/C13H20ClN3O/c1-9(2)12-15-10(14)7-11(16-12)17-5-6-18-13(3,4)8-17/h7,9H,5-6,8H2,1-4H3. The Bertz CT molecular complexity index is 434. The maximum atomic E-state index is 6.08. The average Bonchev–Trinajstić information content (AvgIpc) is 2.26. The van der Waals surface area contributed by atoms with Gasteiger partial charge in [0, 0.05) is 25.1 Å². The molecule has 1 saturated heterocycles. The molecule has 0 aromatic carbocycles. The molecule has 4 nitrogen and oxygen atoms in total. The summed E-state index contributed by atoms with van der Waals surface area (Å²) in [6.45, 7) is 10.7. The van der Waals surface area contributed by atoms with Crippen LogP contribution in [0.3, 0.4) is 0 Å². The molecule has 1 aromatic heterocycles. The van der Waals surface area contributed by atoms with E-state index in [2.05, 4.69) is 42.6 Å². The second-order valence-electron chi connectivity index (χ2n) is 5.59. The van der Waals surface area contributed by atoms with Gasteiger partial charge in [0.05, 0.1) is 12.2 Å². The van der Waals surface area contributed by atoms with E-state index < -0.39 is 0 Å². The molecule has 0 N–H and O–H groups in total. The number of nitrogens with zero attached hydrogens (tertiary/aromatic N) is 3. The van der Waals surface area contributed by atoms with Crippen molar-refractivity contribution < 1.29 is 4.74 Å². The summed E-state index contributed by atoms with van der Waals surface area (Å²) in [5.74, 6) is 1.97. The minimum atomic E-state index is -0.145. The normalized spacial score (nSPS) is 19.3. The maximum absolute atomic E-state index is 6.08. The third kappa shape index (κ3) is 3.12. The van der Waals surface area contributed by atoms with Crippen LogP contribution in [-0.4, -0.2) is 35.3 Å². The summed E-state index contributed by atoms with van der Waals surface area (Å²) in [5, 5.41) is 0.507. The highest BCUT2D eigenvalue weighted by Gasteiger charge is 2.28. The van der Waals surface area contributed by atoms with Crippen LogP contribution in [0.2, 0.25) is 5.15 Å². The van der Waals surface area contributed by atoms with Gasteiger partial charge in [-0.25, -0.2) is 9.97 Å². The van der Waals surface area contributed by atoms with Crippen LogP contribution in [0.15, 0.2) is 6.07 Å². The molecular weight excluding hydrogens is 250 g/mol. The van der Waals surface area contributed by atoms with E-state index >= 15 is 0 Å². The average molecular weight is 270 g/mol. The first-order valence-corrected chi connectivity index (χ1v) is 6.68. The fourth-order valence-electron chi connectivity index (χ4n) is 2.06. The van der Waals surface area contributed by atoms with E-state index in [4.69, 9.17) is 16.3 Å². The molecule has 0 aliphatic carbocycles. The molecule has 0 bridgehead atoms. The third-order valence-electron chi connectivity index (χ3n) is 2.96. The molecule has 0 saturated carbocycles. The molecule has 1 aromatic rings. The summed E-state index contributed by atoms with van der Waals surface area (Å²) >= 11 is 6.08. The van der Waals surface area contributed by atoms with Crippen LogP contribution in [0.1, 0.15) is 39.4 Å². The molecule has 100 valence electrons. The second-order valence-corrected chi connectivity index (χ2v) is 5.98. The molecule has 2 rings (SSSR count). The summed E-state index contributed by atoms with van der Waals surface area (Å²) in [4.78, 5) is 11.1. The molecule has 0 unspecified atom stereocenters. The number of hydrogen-bond acceptors (Lipinski definition) is 4. The molecular formula is C13H20ClN3O. The lowest BCUT2D eigenvalue weighted by Crippen LogP contribution is -2.48. The lowest BCUT2D eigenvalue weighted by Gasteiger charge is -2.38. The molecule has 1 aliphatic rings. The number of aromatic nitrogens is 2. The van der Waals surface area contributed by atoms with Gasteiger partial charge < -0.3 is 9.64 Å². The first kappa shape index (κ1) is 13.6. The Morgan fingerprint density at radius 1 is 1.39 bits per heavy atom. The smallest absolute Gasteiger partial charge is 0.135 e. The first-order chi connectivity index (χ1) is 8.37. The Labute approximate surface area is 113 Å². The highest BCUT2D eigenvalue weighted by atomic mass is 35.5. The quantitative estimate of drug-likeness (QED) is 0.774. The first-order valence-electron chi connectivity index (χ1n) is 6.31. The predicted octanol–water partition coefficient (Wildman–Crippen LogP) is 2.87. The topological polar surface area (TPSA) is 38.2 Å². The van der Waals surface area contributed by atoms with Crippen molar-refractivity contribution in [1.82, 2.24) is 9.97 Å². The molecule has 0 atom stereocenters. The molecule has 0 radical (unpaired) electrons. The van der Waals surface area contributed by atoms with Gasteiger partial charge in [-0.05, 0) is 13.8 Å². The third-order valence-corrected chi connectivity index (χ3v) is 3.16. The Balaban J connectivity index is 2.27. The van der Waals surface area contributed by atoms with E-state index in [1.54, 1.807) is 0 Å². The monoisotopic (exact) mass is 269 g/mol. The van der Waals surface area contributed by atoms with Crippen molar-refractivity contribution in [2.45, 2.75) is 39.2 Å². The summed E-state index contributed by atoms with van der Waals surface area (Å²) in [7, 11) is 0. The van der Waals surface area contributed by atoms with E-state index in [0.717, 1.165) is 24.7 Å². The van der Waals surface area contributed by atoms with E-state index in [9.17, 15) is 0 Å². The Kier molecular flexibility index (Phi) is 3.78. The van der Waals surface area contributed by atoms with Gasteiger partial charge in [0.1, 0.15) is 16.8 Å². The number of anilines is 1. The van der Waals surface area contributed by atoms with E-state index in [1.807, 2.05) is 6.07 Å². The van der Waals surface area contributed by atoms with Crippen molar-refractivity contribution in [3.05, 3.63) is 17.0 Å². The summed E-state index contributed by atoms with van der Waals surface area (Å²) in [5.41, 5.74) is -0.145. The van der Waals surface area contributed by atoms with Crippen LogP contribution in [0.4, 0.5) is 5.82 Å². The summed E-state index contributed by atoms with van der Waals surface area (Å²) in [6, 6.07) is 1.83. The van der Waals surface area contributed by atoms with Crippen LogP contribution >= 0.6 is 11.6 Å². The summed E-state index contributed by atoms with van der Waals surface area (Å²) in [6.07, 6.45) is 0. The van der Waals surface area contributed by atoms with Crippen LogP contribution in [0.25, 0.3) is 0 Å². The van der Waals surface area contributed by atoms with Gasteiger partial charge >= 0.3 is 0 Å². The second kappa shape index (κ2) is 5.02. The Morgan fingerprint density at radius 3 is 2.72 bits per heavy atom. The zero-order valence-corrected chi connectivity index (χ0v) is 12.2. The van der Waals surface area contributed by atoms with Crippen LogP contribution in [0, 0.1) is 0 Å². The van der Waals surface area contributed by atoms with Gasteiger partial charge in [-0.2, -0.15) is 0 Å². The lowest BCUT2D eigenvalue weighted by atomic mass is 10.1. The molecule has 1 fully saturated rings. The van der Waals surface area contributed by atoms with Crippen LogP contribution in [-0.2, 0) is 4.74 Å². The van der Waals surface area contributed by atoms with Gasteiger partial charge in [0.25, 0.3) is 0 Å². The number of rotatable bonds is 2. The van der Waals surface area contributed by atoms with E-state index in [0.29, 0.717) is 11.8 Å². The zero-order chi connectivity index (χ0) is 13.3. The fraction of sp³-hybridized carbons (Fsp3) is 0.692. The van der Waals surface area contributed by atoms with E-state index in [1.165, 1.54) is 0 Å². The predicted molar refractivity (Wildman–Crippen MR) is 73.4 cm³/mol. The lowest BCUT2D eigenvalue weighted by molar-refractivity contribution is -0.0279. The van der Waals surface area contributed by atoms with Crippen molar-refractivity contribution in [2.75, 3.05) is 24.6 Å². The highest BCUT2D eigenvalue weighted by molar-refractivity contribution is 6.29. The van der Waals surface area contributed by atoms with Gasteiger partial charge in [-0.15, -0.1) is 0 Å². The van der Waals surface area contributed by atoms with Gasteiger partial charge in [-0.3, -0.25) is 0 Å². The molecule has 0 spiro atoms. The van der Waals surface area contributed by atoms with E-state index in [-0.39, 0.29) is 11.5 Å². The van der Waals surface area contributed by atoms with Crippen molar-refractivity contribution in [3.8, 4) is 0 Å². The van der Waals surface area contributed by atoms with Crippen LogP contribution < -0.4 is 4.90 Å². The number of ether oxygens (including phenoxy) is 1. The SMILES string of the molecule is CC(C)c1nc(Cl)cc(N2CCOC(C)(C)C2)n1. The molecule has 1 aliphatic heterocycles. The minimum Gasteiger partial charge on any atom is -0.372 e. The molecule has 18 heavy (non-hydrogen) atoms. The Hall–Kier alpha value is -0.870. The maximum Gasteiger partial charge on any atom is 0.135 e. The largest absolute Gasteiger partial charge is 0.372 e. The van der Waals surface area contributed by atoms with Crippen molar-refractivity contribution in [1.29, 1.82) is 0 Å². The van der Waals surface area contributed by atoms with Crippen molar-refractivity contribution in [3.63, 3.8) is 0 Å². The highest BCUT2D eigenvalue weighted by Crippen LogP contribution is 2.24. The summed E-state index contributed by atoms with van der Waals surface area (Å²) < 4.78 is 5.71. The minimum absolute atomic E-state index is 0.145.